The number of hydrogen-bond donors (Lipinski definition) is 0. The topological polar surface area (TPSA) is 21.1 Å². The zero-order valence-corrected chi connectivity index (χ0v) is 32.0. The molecule has 0 amide bonds. The minimum Gasteiger partial charge on any atom is -0.306 e. The predicted octanol–water partition coefficient (Wildman–Crippen LogP) is 15.0. The van der Waals surface area contributed by atoms with Crippen LogP contribution in [0.25, 0.3) is 93.2 Å². The van der Waals surface area contributed by atoms with Crippen molar-refractivity contribution in [3.05, 3.63) is 200 Å². The second-order valence-electron chi connectivity index (χ2n) is 15.4. The molecule has 0 N–H and O–H groups in total. The third-order valence-electron chi connectivity index (χ3n) is 12.2. The maximum Gasteiger partial charge on any atom is 0.114 e. The number of para-hydroxylation sites is 2. The summed E-state index contributed by atoms with van der Waals surface area (Å²) in [5, 5.41) is 9.96. The summed E-state index contributed by atoms with van der Waals surface area (Å²) in [5.41, 5.74) is 14.0. The second-order valence-corrected chi connectivity index (χ2v) is 15.4. The van der Waals surface area contributed by atoms with Gasteiger partial charge in [0.2, 0.25) is 0 Å². The van der Waals surface area contributed by atoms with Crippen LogP contribution in [0.1, 0.15) is 12.7 Å². The lowest BCUT2D eigenvalue weighted by atomic mass is 9.84. The molecule has 0 bridgehead atoms. The zero-order chi connectivity index (χ0) is 38.3. The van der Waals surface area contributed by atoms with Gasteiger partial charge in [0.25, 0.3) is 0 Å². The summed E-state index contributed by atoms with van der Waals surface area (Å²) in [7, 11) is 0. The summed E-state index contributed by atoms with van der Waals surface area (Å²) < 4.78 is 2.40. The van der Waals surface area contributed by atoms with Crippen LogP contribution in [-0.2, 0) is 6.42 Å². The molecule has 0 saturated heterocycles. The molecule has 272 valence electrons. The highest BCUT2D eigenvalue weighted by molar-refractivity contribution is 6.22. The van der Waals surface area contributed by atoms with Gasteiger partial charge in [-0.25, -0.2) is 4.98 Å². The Balaban J connectivity index is 1.14. The fraction of sp³-hybridized carbons (Fsp3) is 0.0364. The Morgan fingerprint density at radius 1 is 0.397 bits per heavy atom. The van der Waals surface area contributed by atoms with Crippen molar-refractivity contribution < 1.29 is 0 Å². The molecular weight excluding hydrogens is 703 g/mol. The van der Waals surface area contributed by atoms with E-state index in [1.54, 1.807) is 0 Å². The van der Waals surface area contributed by atoms with Crippen LogP contribution in [0.4, 0.5) is 17.1 Å². The lowest BCUT2D eigenvalue weighted by Crippen LogP contribution is -2.19. The van der Waals surface area contributed by atoms with Gasteiger partial charge in [-0.1, -0.05) is 146 Å². The Kier molecular flexibility index (Phi) is 7.21. The molecule has 10 aromatic carbocycles. The maximum absolute atomic E-state index is 5.16. The number of aromatic nitrogens is 2. The number of anilines is 3. The average molecular weight is 740 g/mol. The first kappa shape index (κ1) is 32.7. The van der Waals surface area contributed by atoms with Crippen LogP contribution in [-0.4, -0.2) is 9.55 Å². The summed E-state index contributed by atoms with van der Waals surface area (Å²) in [6.45, 7) is 2.20. The van der Waals surface area contributed by atoms with Gasteiger partial charge in [0.1, 0.15) is 5.82 Å². The number of rotatable bonds is 5. The van der Waals surface area contributed by atoms with E-state index in [4.69, 9.17) is 4.98 Å². The van der Waals surface area contributed by atoms with Gasteiger partial charge in [0, 0.05) is 12.1 Å². The van der Waals surface area contributed by atoms with E-state index in [1.807, 2.05) is 0 Å². The first-order chi connectivity index (χ1) is 28.7. The molecule has 2 heterocycles. The van der Waals surface area contributed by atoms with E-state index in [0.29, 0.717) is 0 Å². The van der Waals surface area contributed by atoms with Crippen molar-refractivity contribution in [1.82, 2.24) is 9.55 Å². The predicted molar refractivity (Wildman–Crippen MR) is 245 cm³/mol. The Morgan fingerprint density at radius 3 is 1.66 bits per heavy atom. The van der Waals surface area contributed by atoms with Crippen LogP contribution >= 0.6 is 0 Å². The molecule has 0 saturated carbocycles. The summed E-state index contributed by atoms with van der Waals surface area (Å²) in [6, 6.07) is 71.4. The summed E-state index contributed by atoms with van der Waals surface area (Å²) >= 11 is 0. The summed E-state index contributed by atoms with van der Waals surface area (Å²) in [4.78, 5) is 7.55. The molecule has 1 aliphatic rings. The first-order valence-electron chi connectivity index (χ1n) is 20.2. The normalized spacial score (nSPS) is 12.3. The molecule has 12 rings (SSSR count). The van der Waals surface area contributed by atoms with Crippen LogP contribution in [0.15, 0.2) is 194 Å². The van der Waals surface area contributed by atoms with Crippen LogP contribution in [0, 0.1) is 0 Å². The monoisotopic (exact) mass is 739 g/mol. The van der Waals surface area contributed by atoms with E-state index >= 15 is 0 Å². The minimum absolute atomic E-state index is 0.832. The van der Waals surface area contributed by atoms with E-state index in [2.05, 4.69) is 211 Å². The van der Waals surface area contributed by atoms with Crippen LogP contribution in [0.2, 0.25) is 0 Å². The van der Waals surface area contributed by atoms with Crippen molar-refractivity contribution in [1.29, 1.82) is 0 Å². The molecule has 1 aliphatic heterocycles. The average Bonchev–Trinajstić information content (AvgIpc) is 3.68. The minimum atomic E-state index is 0.832. The third kappa shape index (κ3) is 4.90. The third-order valence-corrected chi connectivity index (χ3v) is 12.2. The van der Waals surface area contributed by atoms with Crippen LogP contribution < -0.4 is 4.90 Å². The lowest BCUT2D eigenvalue weighted by Gasteiger charge is -2.33. The number of hydrogen-bond acceptors (Lipinski definition) is 2. The highest BCUT2D eigenvalue weighted by Crippen LogP contribution is 2.49. The van der Waals surface area contributed by atoms with Crippen LogP contribution in [0.3, 0.4) is 0 Å². The summed E-state index contributed by atoms with van der Waals surface area (Å²) in [5.74, 6) is 1.07. The lowest BCUT2D eigenvalue weighted by molar-refractivity contribution is 0.900. The quantitative estimate of drug-likeness (QED) is 0.164. The van der Waals surface area contributed by atoms with Gasteiger partial charge in [-0.15, -0.1) is 0 Å². The van der Waals surface area contributed by atoms with Gasteiger partial charge in [-0.3, -0.25) is 4.57 Å². The largest absolute Gasteiger partial charge is 0.306 e. The molecule has 0 atom stereocenters. The van der Waals surface area contributed by atoms with E-state index in [-0.39, 0.29) is 0 Å². The maximum atomic E-state index is 5.16. The molecule has 0 fully saturated rings. The molecule has 3 nitrogen and oxygen atoms in total. The van der Waals surface area contributed by atoms with Gasteiger partial charge in [-0.2, -0.15) is 0 Å². The number of benzene rings is 10. The summed E-state index contributed by atoms with van der Waals surface area (Å²) in [6.07, 6.45) is 0.832. The molecule has 1 aromatic heterocycles. The number of fused-ring (bicyclic) bond motifs is 6. The molecule has 0 unspecified atom stereocenters. The van der Waals surface area contributed by atoms with Crippen molar-refractivity contribution in [2.75, 3.05) is 4.90 Å². The standard InChI is InChI=1S/C55H37N3/c1-2-52-56-48-21-12-22-50-55(48)58(52)51-34-40(28-30-49(51)57(50)43-17-4-3-5-18-43)39-27-29-46-47(33-39)54(42-26-24-36-14-7-9-16-38(36)32-42)45-20-11-10-19-44(45)53(46)41-25-23-35-13-6-8-15-37(35)31-41/h3-34H,2H2,1H3. The van der Waals surface area contributed by atoms with Crippen molar-refractivity contribution in [3.63, 3.8) is 0 Å². The van der Waals surface area contributed by atoms with Crippen molar-refractivity contribution in [2.24, 2.45) is 0 Å². The van der Waals surface area contributed by atoms with Crippen molar-refractivity contribution in [3.8, 4) is 39.1 Å². The number of imidazole rings is 1. The smallest absolute Gasteiger partial charge is 0.114 e. The van der Waals surface area contributed by atoms with E-state index in [1.165, 1.54) is 76.5 Å². The molecular formula is C55H37N3. The molecule has 0 radical (unpaired) electrons. The van der Waals surface area contributed by atoms with Gasteiger partial charge >= 0.3 is 0 Å². The second kappa shape index (κ2) is 12.8. The van der Waals surface area contributed by atoms with Crippen molar-refractivity contribution >= 4 is 71.2 Å². The van der Waals surface area contributed by atoms with Gasteiger partial charge < -0.3 is 4.90 Å². The fourth-order valence-corrected chi connectivity index (χ4v) is 9.56. The Hall–Kier alpha value is -7.49. The number of nitrogens with zero attached hydrogens (tertiary/aromatic N) is 3. The van der Waals surface area contributed by atoms with E-state index < -0.39 is 0 Å². The van der Waals surface area contributed by atoms with Gasteiger partial charge in [-0.05, 0) is 131 Å². The Morgan fingerprint density at radius 2 is 0.966 bits per heavy atom. The zero-order valence-electron chi connectivity index (χ0n) is 32.0. The van der Waals surface area contributed by atoms with Crippen LogP contribution in [0.5, 0.6) is 0 Å². The molecule has 3 heteroatoms. The first-order valence-corrected chi connectivity index (χ1v) is 20.2. The number of aryl methyl sites for hydroxylation is 1. The molecule has 58 heavy (non-hydrogen) atoms. The Bertz CT molecular complexity index is 3450. The molecule has 11 aromatic rings. The van der Waals surface area contributed by atoms with Gasteiger partial charge in [0.15, 0.2) is 0 Å². The van der Waals surface area contributed by atoms with Crippen molar-refractivity contribution in [2.45, 2.75) is 13.3 Å². The fourth-order valence-electron chi connectivity index (χ4n) is 9.56. The molecule has 0 spiro atoms. The van der Waals surface area contributed by atoms with E-state index in [0.717, 1.165) is 46.0 Å². The highest BCUT2D eigenvalue weighted by atomic mass is 15.2. The SMILES string of the molecule is CCc1nc2cccc3c2n1-c1cc(-c2ccc4c(-c5ccc6ccccc6c5)c5ccccc5c(-c5ccc6ccccc6c5)c4c2)ccc1N3c1ccccc1. The van der Waals surface area contributed by atoms with E-state index in [9.17, 15) is 0 Å². The molecule has 0 aliphatic carbocycles. The highest BCUT2D eigenvalue weighted by Gasteiger charge is 2.29. The Labute approximate surface area is 336 Å². The van der Waals surface area contributed by atoms with Gasteiger partial charge in [0.05, 0.1) is 28.1 Å².